The fourth-order valence-electron chi connectivity index (χ4n) is 3.79. The highest BCUT2D eigenvalue weighted by molar-refractivity contribution is 7.89. The molecule has 0 bridgehead atoms. The number of nitrogens with zero attached hydrogens (tertiary/aromatic N) is 1. The summed E-state index contributed by atoms with van der Waals surface area (Å²) in [5.41, 5.74) is 1.30. The first kappa shape index (κ1) is 23.0. The number of benzene rings is 2. The maximum absolute atomic E-state index is 13.2. The third kappa shape index (κ3) is 5.51. The summed E-state index contributed by atoms with van der Waals surface area (Å²) in [5, 5.41) is 2.57. The number of hydrogen-bond donors (Lipinski definition) is 1. The normalized spacial score (nSPS) is 14.9. The van der Waals surface area contributed by atoms with Gasteiger partial charge in [-0.1, -0.05) is 49.6 Å². The lowest BCUT2D eigenvalue weighted by Crippen LogP contribution is -2.38. The first-order valence-corrected chi connectivity index (χ1v) is 11.8. The molecule has 166 valence electrons. The van der Waals surface area contributed by atoms with Gasteiger partial charge in [0.2, 0.25) is 10.0 Å². The van der Waals surface area contributed by atoms with E-state index in [0.717, 1.165) is 37.7 Å². The van der Waals surface area contributed by atoms with Gasteiger partial charge in [0.25, 0.3) is 5.91 Å². The summed E-state index contributed by atoms with van der Waals surface area (Å²) in [7, 11) is -2.19. The predicted octanol–water partition coefficient (Wildman–Crippen LogP) is 3.74. The largest absolute Gasteiger partial charge is 0.452 e. The van der Waals surface area contributed by atoms with Gasteiger partial charge in [0.15, 0.2) is 6.61 Å². The van der Waals surface area contributed by atoms with E-state index in [9.17, 15) is 18.0 Å². The zero-order chi connectivity index (χ0) is 22.4. The molecular weight excluding hydrogens is 416 g/mol. The van der Waals surface area contributed by atoms with Crippen LogP contribution in [-0.4, -0.2) is 44.3 Å². The Labute approximate surface area is 183 Å². The Hall–Kier alpha value is -2.71. The van der Waals surface area contributed by atoms with E-state index in [-0.39, 0.29) is 16.6 Å². The molecule has 0 spiro atoms. The summed E-state index contributed by atoms with van der Waals surface area (Å²) >= 11 is 0. The number of carbonyl (C=O) groups is 2. The van der Waals surface area contributed by atoms with Crippen molar-refractivity contribution in [1.29, 1.82) is 0 Å². The zero-order valence-corrected chi connectivity index (χ0v) is 18.7. The number of aryl methyl sites for hydroxylation is 1. The molecule has 1 aliphatic carbocycles. The lowest BCUT2D eigenvalue weighted by molar-refractivity contribution is -0.119. The second kappa shape index (κ2) is 10.1. The Bertz CT molecular complexity index is 1050. The van der Waals surface area contributed by atoms with Gasteiger partial charge in [-0.2, -0.15) is 4.31 Å². The molecule has 31 heavy (non-hydrogen) atoms. The Balaban J connectivity index is 1.69. The van der Waals surface area contributed by atoms with Crippen LogP contribution in [0.2, 0.25) is 0 Å². The fraction of sp³-hybridized carbons (Fsp3) is 0.391. The summed E-state index contributed by atoms with van der Waals surface area (Å²) in [6.45, 7) is 1.26. The van der Waals surface area contributed by atoms with Crippen LogP contribution in [0.5, 0.6) is 0 Å². The van der Waals surface area contributed by atoms with Gasteiger partial charge in [0, 0.05) is 13.1 Å². The smallest absolute Gasteiger partial charge is 0.338 e. The molecule has 0 heterocycles. The van der Waals surface area contributed by atoms with E-state index in [2.05, 4.69) is 5.32 Å². The summed E-state index contributed by atoms with van der Waals surface area (Å²) < 4.78 is 32.9. The molecular formula is C23H28N2O5S. The van der Waals surface area contributed by atoms with Crippen LogP contribution in [-0.2, 0) is 19.6 Å². The van der Waals surface area contributed by atoms with Crippen molar-refractivity contribution in [2.75, 3.05) is 19.0 Å². The highest BCUT2D eigenvalue weighted by Crippen LogP contribution is 2.29. The van der Waals surface area contributed by atoms with Crippen molar-refractivity contribution >= 4 is 27.6 Å². The molecule has 1 saturated carbocycles. The first-order chi connectivity index (χ1) is 14.8. The van der Waals surface area contributed by atoms with Crippen molar-refractivity contribution in [2.45, 2.75) is 50.0 Å². The molecule has 1 amide bonds. The molecule has 0 unspecified atom stereocenters. The molecule has 3 rings (SSSR count). The Morgan fingerprint density at radius 2 is 1.68 bits per heavy atom. The van der Waals surface area contributed by atoms with Crippen LogP contribution >= 0.6 is 0 Å². The predicted molar refractivity (Wildman–Crippen MR) is 118 cm³/mol. The average Bonchev–Trinajstić information content (AvgIpc) is 2.78. The summed E-state index contributed by atoms with van der Waals surface area (Å²) in [6, 6.07) is 13.2. The Kier molecular flexibility index (Phi) is 7.46. The minimum Gasteiger partial charge on any atom is -0.452 e. The third-order valence-electron chi connectivity index (χ3n) is 5.61. The third-order valence-corrected chi connectivity index (χ3v) is 7.57. The van der Waals surface area contributed by atoms with Gasteiger partial charge in [-0.05, 0) is 43.5 Å². The van der Waals surface area contributed by atoms with Crippen LogP contribution < -0.4 is 5.32 Å². The molecule has 1 fully saturated rings. The van der Waals surface area contributed by atoms with Crippen LogP contribution in [0.4, 0.5) is 5.69 Å². The first-order valence-electron chi connectivity index (χ1n) is 10.4. The number of hydrogen-bond acceptors (Lipinski definition) is 5. The molecule has 0 radical (unpaired) electrons. The molecule has 8 heteroatoms. The van der Waals surface area contributed by atoms with Crippen LogP contribution in [0.3, 0.4) is 0 Å². The molecule has 0 aliphatic heterocycles. The van der Waals surface area contributed by atoms with Gasteiger partial charge in [-0.3, -0.25) is 4.79 Å². The molecule has 0 aromatic heterocycles. The molecule has 0 saturated heterocycles. The fourth-order valence-corrected chi connectivity index (χ4v) is 5.35. The lowest BCUT2D eigenvalue weighted by Gasteiger charge is -2.30. The van der Waals surface area contributed by atoms with E-state index in [1.54, 1.807) is 50.4 Å². The lowest BCUT2D eigenvalue weighted by atomic mass is 9.96. The maximum atomic E-state index is 13.2. The summed E-state index contributed by atoms with van der Waals surface area (Å²) in [6.07, 6.45) is 4.81. The van der Waals surface area contributed by atoms with Crippen molar-refractivity contribution in [3.8, 4) is 0 Å². The van der Waals surface area contributed by atoms with Gasteiger partial charge in [-0.25, -0.2) is 13.2 Å². The average molecular weight is 445 g/mol. The molecule has 2 aromatic rings. The van der Waals surface area contributed by atoms with E-state index >= 15 is 0 Å². The SMILES string of the molecule is Cc1ccccc1C(=O)OCC(=O)Nc1ccccc1S(=O)(=O)N(C)C1CCCCC1. The van der Waals surface area contributed by atoms with E-state index in [4.69, 9.17) is 4.74 Å². The van der Waals surface area contributed by atoms with E-state index < -0.39 is 28.5 Å². The number of amides is 1. The highest BCUT2D eigenvalue weighted by atomic mass is 32.2. The Morgan fingerprint density at radius 1 is 1.03 bits per heavy atom. The van der Waals surface area contributed by atoms with Crippen molar-refractivity contribution in [2.24, 2.45) is 0 Å². The quantitative estimate of drug-likeness (QED) is 0.657. The Morgan fingerprint density at radius 3 is 2.39 bits per heavy atom. The van der Waals surface area contributed by atoms with Crippen molar-refractivity contribution in [3.63, 3.8) is 0 Å². The molecule has 1 aliphatic rings. The monoisotopic (exact) mass is 444 g/mol. The minimum atomic E-state index is -3.78. The number of nitrogens with one attached hydrogen (secondary N) is 1. The number of ether oxygens (including phenoxy) is 1. The number of para-hydroxylation sites is 1. The number of anilines is 1. The standard InChI is InChI=1S/C23H28N2O5S/c1-17-10-6-7-13-19(17)23(27)30-16-22(26)24-20-14-8-9-15-21(20)31(28,29)25(2)18-11-4-3-5-12-18/h6-10,13-15,18H,3-5,11-12,16H2,1-2H3,(H,24,26). The van der Waals surface area contributed by atoms with Crippen LogP contribution in [0.1, 0.15) is 48.0 Å². The van der Waals surface area contributed by atoms with E-state index in [1.165, 1.54) is 16.4 Å². The number of esters is 1. The molecule has 2 aromatic carbocycles. The van der Waals surface area contributed by atoms with Gasteiger partial charge < -0.3 is 10.1 Å². The van der Waals surface area contributed by atoms with Crippen molar-refractivity contribution in [3.05, 3.63) is 59.7 Å². The number of carbonyl (C=O) groups excluding carboxylic acids is 2. The zero-order valence-electron chi connectivity index (χ0n) is 17.8. The highest BCUT2D eigenvalue weighted by Gasteiger charge is 2.31. The van der Waals surface area contributed by atoms with Gasteiger partial charge in [-0.15, -0.1) is 0 Å². The molecule has 1 N–H and O–H groups in total. The van der Waals surface area contributed by atoms with Crippen LogP contribution in [0.15, 0.2) is 53.4 Å². The van der Waals surface area contributed by atoms with Crippen LogP contribution in [0, 0.1) is 6.92 Å². The summed E-state index contributed by atoms with van der Waals surface area (Å²) in [5.74, 6) is -1.21. The number of rotatable bonds is 7. The molecule has 0 atom stereocenters. The van der Waals surface area contributed by atoms with Gasteiger partial charge in [0.1, 0.15) is 4.90 Å². The maximum Gasteiger partial charge on any atom is 0.338 e. The second-order valence-corrected chi connectivity index (χ2v) is 9.71. The molecule has 7 nitrogen and oxygen atoms in total. The van der Waals surface area contributed by atoms with E-state index in [0.29, 0.717) is 5.56 Å². The second-order valence-electron chi connectivity index (χ2n) is 7.75. The van der Waals surface area contributed by atoms with Crippen molar-refractivity contribution in [1.82, 2.24) is 4.31 Å². The van der Waals surface area contributed by atoms with Gasteiger partial charge in [0.05, 0.1) is 11.3 Å². The summed E-state index contributed by atoms with van der Waals surface area (Å²) in [4.78, 5) is 24.6. The minimum absolute atomic E-state index is 0.0293. The topological polar surface area (TPSA) is 92.8 Å². The van der Waals surface area contributed by atoms with Gasteiger partial charge >= 0.3 is 5.97 Å². The number of sulfonamides is 1. The van der Waals surface area contributed by atoms with Crippen LogP contribution in [0.25, 0.3) is 0 Å². The van der Waals surface area contributed by atoms with E-state index in [1.807, 2.05) is 0 Å². The van der Waals surface area contributed by atoms with Crippen molar-refractivity contribution < 1.29 is 22.7 Å².